The van der Waals surface area contributed by atoms with E-state index in [4.69, 9.17) is 0 Å². The van der Waals surface area contributed by atoms with Crippen LogP contribution < -0.4 is 5.32 Å². The van der Waals surface area contributed by atoms with Gasteiger partial charge in [0.05, 0.1) is 5.41 Å². The SMILES string of the molecule is CC1CCC(CNC(=O)N2CCCC(C)(C(=O)O)C2)CC1. The zero-order valence-corrected chi connectivity index (χ0v) is 13.2. The van der Waals surface area contributed by atoms with Gasteiger partial charge in [0.25, 0.3) is 0 Å². The number of rotatable bonds is 3. The largest absolute Gasteiger partial charge is 0.481 e. The Morgan fingerprint density at radius 2 is 1.95 bits per heavy atom. The van der Waals surface area contributed by atoms with Crippen molar-refractivity contribution in [3.05, 3.63) is 0 Å². The molecule has 1 unspecified atom stereocenters. The lowest BCUT2D eigenvalue weighted by molar-refractivity contribution is -0.150. The Balaban J connectivity index is 1.79. The van der Waals surface area contributed by atoms with E-state index in [-0.39, 0.29) is 6.03 Å². The molecule has 1 heterocycles. The zero-order chi connectivity index (χ0) is 15.5. The molecule has 0 bridgehead atoms. The van der Waals surface area contributed by atoms with Crippen molar-refractivity contribution in [3.63, 3.8) is 0 Å². The molecule has 5 heteroatoms. The van der Waals surface area contributed by atoms with Gasteiger partial charge in [-0.3, -0.25) is 4.79 Å². The van der Waals surface area contributed by atoms with Gasteiger partial charge in [-0.2, -0.15) is 0 Å². The van der Waals surface area contributed by atoms with Gasteiger partial charge in [0.1, 0.15) is 0 Å². The molecule has 1 atom stereocenters. The molecule has 2 aliphatic rings. The number of carboxylic acid groups (broad SMARTS) is 1. The first-order valence-electron chi connectivity index (χ1n) is 8.17. The minimum Gasteiger partial charge on any atom is -0.481 e. The summed E-state index contributed by atoms with van der Waals surface area (Å²) in [6, 6.07) is -0.0965. The molecular formula is C16H28N2O3. The molecule has 0 aromatic carbocycles. The lowest BCUT2D eigenvalue weighted by Gasteiger charge is -2.37. The number of carbonyl (C=O) groups is 2. The predicted octanol–water partition coefficient (Wildman–Crippen LogP) is 2.71. The maximum atomic E-state index is 12.2. The molecule has 1 saturated carbocycles. The fourth-order valence-electron chi connectivity index (χ4n) is 3.46. The minimum absolute atomic E-state index is 0.0965. The molecule has 1 saturated heterocycles. The lowest BCUT2D eigenvalue weighted by Crippen LogP contribution is -2.52. The fraction of sp³-hybridized carbons (Fsp3) is 0.875. The molecule has 2 fully saturated rings. The number of hydrogen-bond acceptors (Lipinski definition) is 2. The van der Waals surface area contributed by atoms with Gasteiger partial charge in [-0.1, -0.05) is 19.8 Å². The third-order valence-electron chi connectivity index (χ3n) is 5.18. The number of carboxylic acids is 1. The van der Waals surface area contributed by atoms with Crippen molar-refractivity contribution < 1.29 is 14.7 Å². The van der Waals surface area contributed by atoms with E-state index in [1.807, 2.05) is 0 Å². The third kappa shape index (κ3) is 4.11. The van der Waals surface area contributed by atoms with Crippen LogP contribution >= 0.6 is 0 Å². The van der Waals surface area contributed by atoms with Gasteiger partial charge in [-0.15, -0.1) is 0 Å². The van der Waals surface area contributed by atoms with Crippen LogP contribution in [-0.4, -0.2) is 41.6 Å². The molecule has 2 amide bonds. The maximum Gasteiger partial charge on any atom is 0.317 e. The Kier molecular flexibility index (Phi) is 5.12. The first-order valence-corrected chi connectivity index (χ1v) is 8.17. The molecule has 0 aromatic heterocycles. The summed E-state index contributed by atoms with van der Waals surface area (Å²) in [4.78, 5) is 25.2. The van der Waals surface area contributed by atoms with Gasteiger partial charge in [0, 0.05) is 19.6 Å². The smallest absolute Gasteiger partial charge is 0.317 e. The first kappa shape index (κ1) is 16.1. The van der Waals surface area contributed by atoms with Gasteiger partial charge in [-0.05, 0) is 44.4 Å². The number of carbonyl (C=O) groups excluding carboxylic acids is 1. The second kappa shape index (κ2) is 6.67. The standard InChI is InChI=1S/C16H28N2O3/c1-12-4-6-13(7-5-12)10-17-15(21)18-9-3-8-16(2,11-18)14(19)20/h12-13H,3-11H2,1-2H3,(H,17,21)(H,19,20). The van der Waals surface area contributed by atoms with E-state index in [1.54, 1.807) is 11.8 Å². The second-order valence-corrected chi connectivity index (χ2v) is 7.20. The molecule has 0 aromatic rings. The molecule has 2 rings (SSSR count). The van der Waals surface area contributed by atoms with Crippen molar-refractivity contribution >= 4 is 12.0 Å². The molecule has 5 nitrogen and oxygen atoms in total. The van der Waals surface area contributed by atoms with E-state index in [2.05, 4.69) is 12.2 Å². The van der Waals surface area contributed by atoms with E-state index in [0.717, 1.165) is 18.9 Å². The van der Waals surface area contributed by atoms with E-state index in [1.165, 1.54) is 25.7 Å². The van der Waals surface area contributed by atoms with Gasteiger partial charge >= 0.3 is 12.0 Å². The number of likely N-dealkylation sites (tertiary alicyclic amines) is 1. The molecule has 2 N–H and O–H groups in total. The third-order valence-corrected chi connectivity index (χ3v) is 5.18. The number of piperidine rings is 1. The summed E-state index contributed by atoms with van der Waals surface area (Å²) in [5.41, 5.74) is -0.796. The number of nitrogens with one attached hydrogen (secondary N) is 1. The van der Waals surface area contributed by atoms with Crippen molar-refractivity contribution in [2.24, 2.45) is 17.3 Å². The Morgan fingerprint density at radius 3 is 2.57 bits per heavy atom. The van der Waals surface area contributed by atoms with E-state index in [9.17, 15) is 14.7 Å². The topological polar surface area (TPSA) is 69.6 Å². The Morgan fingerprint density at radius 1 is 1.29 bits per heavy atom. The Hall–Kier alpha value is -1.26. The number of aliphatic carboxylic acids is 1. The highest BCUT2D eigenvalue weighted by molar-refractivity contribution is 5.78. The zero-order valence-electron chi connectivity index (χ0n) is 13.2. The van der Waals surface area contributed by atoms with Crippen molar-refractivity contribution in [1.82, 2.24) is 10.2 Å². The Labute approximate surface area is 127 Å². The predicted molar refractivity (Wildman–Crippen MR) is 81.1 cm³/mol. The molecule has 1 aliphatic carbocycles. The maximum absolute atomic E-state index is 12.2. The molecule has 21 heavy (non-hydrogen) atoms. The normalized spacial score (nSPS) is 33.5. The van der Waals surface area contributed by atoms with Gasteiger partial charge < -0.3 is 15.3 Å². The fourth-order valence-corrected chi connectivity index (χ4v) is 3.46. The highest BCUT2D eigenvalue weighted by Gasteiger charge is 2.39. The van der Waals surface area contributed by atoms with Crippen LogP contribution in [0, 0.1) is 17.3 Å². The van der Waals surface area contributed by atoms with Crippen molar-refractivity contribution in [2.75, 3.05) is 19.6 Å². The van der Waals surface area contributed by atoms with Gasteiger partial charge in [0.15, 0.2) is 0 Å². The van der Waals surface area contributed by atoms with Crippen LogP contribution in [0.5, 0.6) is 0 Å². The summed E-state index contributed by atoms with van der Waals surface area (Å²) in [6.07, 6.45) is 6.29. The van der Waals surface area contributed by atoms with E-state index in [0.29, 0.717) is 25.4 Å². The minimum atomic E-state index is -0.804. The van der Waals surface area contributed by atoms with Gasteiger partial charge in [-0.25, -0.2) is 4.79 Å². The van der Waals surface area contributed by atoms with Crippen molar-refractivity contribution in [3.8, 4) is 0 Å². The Bertz CT molecular complexity index is 391. The monoisotopic (exact) mass is 296 g/mol. The molecule has 0 spiro atoms. The van der Waals surface area contributed by atoms with Crippen LogP contribution in [0.1, 0.15) is 52.4 Å². The van der Waals surface area contributed by atoms with Crippen LogP contribution in [0.4, 0.5) is 4.79 Å². The highest BCUT2D eigenvalue weighted by atomic mass is 16.4. The van der Waals surface area contributed by atoms with Crippen LogP contribution in [0.25, 0.3) is 0 Å². The number of hydrogen-bond donors (Lipinski definition) is 2. The molecule has 120 valence electrons. The average Bonchev–Trinajstić information content (AvgIpc) is 2.46. The summed E-state index contributed by atoms with van der Waals surface area (Å²) in [5, 5.41) is 12.3. The lowest BCUT2D eigenvalue weighted by atomic mass is 9.82. The van der Waals surface area contributed by atoms with Crippen LogP contribution in [0.15, 0.2) is 0 Å². The summed E-state index contributed by atoms with van der Waals surface area (Å²) in [5.74, 6) is 0.595. The number of nitrogens with zero attached hydrogens (tertiary/aromatic N) is 1. The quantitative estimate of drug-likeness (QED) is 0.841. The van der Waals surface area contributed by atoms with Gasteiger partial charge in [0.2, 0.25) is 0 Å². The van der Waals surface area contributed by atoms with Crippen LogP contribution in [0.2, 0.25) is 0 Å². The molecule has 1 aliphatic heterocycles. The number of amides is 2. The average molecular weight is 296 g/mol. The second-order valence-electron chi connectivity index (χ2n) is 7.20. The summed E-state index contributed by atoms with van der Waals surface area (Å²) >= 11 is 0. The van der Waals surface area contributed by atoms with E-state index < -0.39 is 11.4 Å². The van der Waals surface area contributed by atoms with Crippen molar-refractivity contribution in [1.29, 1.82) is 0 Å². The summed E-state index contributed by atoms with van der Waals surface area (Å²) < 4.78 is 0. The molecular weight excluding hydrogens is 268 g/mol. The number of urea groups is 1. The van der Waals surface area contributed by atoms with Crippen LogP contribution in [-0.2, 0) is 4.79 Å². The summed E-state index contributed by atoms with van der Waals surface area (Å²) in [7, 11) is 0. The van der Waals surface area contributed by atoms with E-state index >= 15 is 0 Å². The summed E-state index contributed by atoms with van der Waals surface area (Å²) in [6.45, 7) is 5.73. The first-order chi connectivity index (χ1) is 9.90. The molecule has 0 radical (unpaired) electrons. The van der Waals surface area contributed by atoms with Crippen molar-refractivity contribution in [2.45, 2.75) is 52.4 Å². The van der Waals surface area contributed by atoms with Crippen LogP contribution in [0.3, 0.4) is 0 Å². The highest BCUT2D eigenvalue weighted by Crippen LogP contribution is 2.30.